The van der Waals surface area contributed by atoms with Crippen LogP contribution in [-0.4, -0.2) is 36.7 Å². The fourth-order valence-electron chi connectivity index (χ4n) is 4.54. The molecule has 7 heteroatoms. The highest BCUT2D eigenvalue weighted by Gasteiger charge is 2.52. The van der Waals surface area contributed by atoms with E-state index < -0.39 is 16.0 Å². The Bertz CT molecular complexity index is 705. The van der Waals surface area contributed by atoms with E-state index in [0.717, 1.165) is 19.3 Å². The van der Waals surface area contributed by atoms with Gasteiger partial charge in [0.15, 0.2) is 0 Å². The molecule has 5 atom stereocenters. The lowest BCUT2D eigenvalue weighted by Crippen LogP contribution is -2.46. The zero-order valence-corrected chi connectivity index (χ0v) is 14.9. The number of hydrogen-bond acceptors (Lipinski definition) is 4. The van der Waals surface area contributed by atoms with Gasteiger partial charge in [-0.15, -0.1) is 0 Å². The lowest BCUT2D eigenvalue weighted by atomic mass is 9.80. The Morgan fingerprint density at radius 3 is 2.56 bits per heavy atom. The van der Waals surface area contributed by atoms with E-state index >= 15 is 0 Å². The van der Waals surface area contributed by atoms with Crippen LogP contribution >= 0.6 is 0 Å². The van der Waals surface area contributed by atoms with Crippen LogP contribution in [0.25, 0.3) is 0 Å². The van der Waals surface area contributed by atoms with Crippen molar-refractivity contribution in [1.29, 1.82) is 0 Å². The van der Waals surface area contributed by atoms with Crippen LogP contribution in [0.15, 0.2) is 35.2 Å². The second-order valence-corrected chi connectivity index (χ2v) is 8.94. The van der Waals surface area contributed by atoms with Crippen molar-refractivity contribution in [3.63, 3.8) is 0 Å². The number of aliphatic carboxylic acids is 1. The summed E-state index contributed by atoms with van der Waals surface area (Å²) in [6, 6.07) is 8.14. The summed E-state index contributed by atoms with van der Waals surface area (Å²) in [5.41, 5.74) is 0. The van der Waals surface area contributed by atoms with Crippen LogP contribution < -0.4 is 4.72 Å². The van der Waals surface area contributed by atoms with Crippen LogP contribution in [-0.2, 0) is 14.8 Å². The molecule has 2 bridgehead atoms. The molecule has 0 unspecified atom stereocenters. The molecule has 2 saturated carbocycles. The first-order valence-electron chi connectivity index (χ1n) is 8.85. The van der Waals surface area contributed by atoms with E-state index in [0.29, 0.717) is 12.8 Å². The number of fused-ring (bicyclic) bond motifs is 2. The van der Waals surface area contributed by atoms with E-state index in [-0.39, 0.29) is 41.2 Å². The highest BCUT2D eigenvalue weighted by Crippen LogP contribution is 2.50. The molecule has 0 spiro atoms. The average molecular weight is 367 g/mol. The van der Waals surface area contributed by atoms with Gasteiger partial charge < -0.3 is 10.2 Å². The first-order valence-corrected chi connectivity index (χ1v) is 10.3. The molecule has 138 valence electrons. The summed E-state index contributed by atoms with van der Waals surface area (Å²) in [7, 11) is -3.59. The number of rotatable bonds is 8. The molecule has 6 nitrogen and oxygen atoms in total. The van der Waals surface area contributed by atoms with Gasteiger partial charge in [0.1, 0.15) is 0 Å². The minimum Gasteiger partial charge on any atom is -0.481 e. The molecule has 1 aromatic carbocycles. The maximum absolute atomic E-state index is 12.7. The van der Waals surface area contributed by atoms with Crippen molar-refractivity contribution in [2.45, 2.75) is 55.6 Å². The van der Waals surface area contributed by atoms with Gasteiger partial charge in [0, 0.05) is 12.5 Å². The first kappa shape index (κ1) is 18.4. The topological polar surface area (TPSA) is 104 Å². The summed E-state index contributed by atoms with van der Waals surface area (Å²) in [5.74, 6) is -0.475. The van der Waals surface area contributed by atoms with Gasteiger partial charge in [-0.3, -0.25) is 4.79 Å². The van der Waals surface area contributed by atoms with Crippen molar-refractivity contribution in [1.82, 2.24) is 4.72 Å². The van der Waals surface area contributed by atoms with Gasteiger partial charge in [-0.2, -0.15) is 0 Å². The van der Waals surface area contributed by atoms with Gasteiger partial charge in [0.25, 0.3) is 0 Å². The van der Waals surface area contributed by atoms with Crippen LogP contribution in [0.2, 0.25) is 0 Å². The summed E-state index contributed by atoms with van der Waals surface area (Å²) in [5, 5.41) is 18.9. The van der Waals surface area contributed by atoms with Gasteiger partial charge in [0.05, 0.1) is 11.0 Å². The summed E-state index contributed by atoms with van der Waals surface area (Å²) in [4.78, 5) is 10.9. The number of aliphatic hydroxyl groups is 1. The van der Waals surface area contributed by atoms with Crippen molar-refractivity contribution >= 4 is 16.0 Å². The predicted molar refractivity (Wildman–Crippen MR) is 92.4 cm³/mol. The van der Waals surface area contributed by atoms with Crippen molar-refractivity contribution in [3.05, 3.63) is 30.3 Å². The summed E-state index contributed by atoms with van der Waals surface area (Å²) in [6.45, 7) is 0. The van der Waals surface area contributed by atoms with Crippen LogP contribution in [0.5, 0.6) is 0 Å². The van der Waals surface area contributed by atoms with Crippen LogP contribution in [0.1, 0.15) is 38.5 Å². The molecule has 0 radical (unpaired) electrons. The zero-order chi connectivity index (χ0) is 18.0. The van der Waals surface area contributed by atoms with Crippen molar-refractivity contribution < 1.29 is 23.4 Å². The van der Waals surface area contributed by atoms with Crippen LogP contribution in [0, 0.1) is 17.8 Å². The van der Waals surface area contributed by atoms with Crippen molar-refractivity contribution in [3.8, 4) is 0 Å². The maximum Gasteiger partial charge on any atom is 0.303 e. The summed E-state index contributed by atoms with van der Waals surface area (Å²) < 4.78 is 28.2. The monoisotopic (exact) mass is 367 g/mol. The summed E-state index contributed by atoms with van der Waals surface area (Å²) >= 11 is 0. The number of nitrogens with one attached hydrogen (secondary N) is 1. The van der Waals surface area contributed by atoms with Crippen LogP contribution in [0.4, 0.5) is 0 Å². The highest BCUT2D eigenvalue weighted by molar-refractivity contribution is 7.89. The largest absolute Gasteiger partial charge is 0.481 e. The molecule has 2 aliphatic carbocycles. The van der Waals surface area contributed by atoms with Gasteiger partial charge in [-0.25, -0.2) is 13.1 Å². The highest BCUT2D eigenvalue weighted by atomic mass is 32.2. The zero-order valence-electron chi connectivity index (χ0n) is 14.0. The number of sulfonamides is 1. The van der Waals surface area contributed by atoms with E-state index in [4.69, 9.17) is 5.11 Å². The number of aliphatic hydroxyl groups excluding tert-OH is 1. The van der Waals surface area contributed by atoms with Crippen molar-refractivity contribution in [2.24, 2.45) is 17.8 Å². The van der Waals surface area contributed by atoms with Crippen LogP contribution in [0.3, 0.4) is 0 Å². The second kappa shape index (κ2) is 7.43. The average Bonchev–Trinajstić information content (AvgIpc) is 3.09. The lowest BCUT2D eigenvalue weighted by molar-refractivity contribution is -0.137. The fourth-order valence-corrected chi connectivity index (χ4v) is 5.91. The predicted octanol–water partition coefficient (Wildman–Crippen LogP) is 2.00. The Kier molecular flexibility index (Phi) is 5.46. The van der Waals surface area contributed by atoms with E-state index in [9.17, 15) is 18.3 Å². The fraction of sp³-hybridized carbons (Fsp3) is 0.611. The molecule has 25 heavy (non-hydrogen) atoms. The van der Waals surface area contributed by atoms with Crippen molar-refractivity contribution in [2.75, 3.05) is 0 Å². The van der Waals surface area contributed by atoms with E-state index in [1.165, 1.54) is 0 Å². The lowest BCUT2D eigenvalue weighted by Gasteiger charge is -2.34. The Morgan fingerprint density at radius 2 is 1.88 bits per heavy atom. The molecule has 0 aliphatic heterocycles. The number of carboxylic acid groups (broad SMARTS) is 1. The molecule has 1 aromatic rings. The normalized spacial score (nSPS) is 31.3. The standard InChI is InChI=1S/C18H25NO5S/c20-16-11-12-10-15(16)14(8-4-5-9-17(21)22)18(12)19-25(23,24)13-6-2-1-3-7-13/h1-3,6-7,12,14-16,18-20H,4-5,8-11H2,(H,21,22)/t12-,14+,15-,16+,18+/m1/s1. The molecule has 2 fully saturated rings. The minimum absolute atomic E-state index is 0.0704. The molecular formula is C18H25NO5S. The second-order valence-electron chi connectivity index (χ2n) is 7.23. The minimum atomic E-state index is -3.59. The Labute approximate surface area is 148 Å². The molecule has 2 aliphatic rings. The van der Waals surface area contributed by atoms with E-state index in [1.807, 2.05) is 0 Å². The van der Waals surface area contributed by atoms with Gasteiger partial charge in [-0.05, 0) is 55.6 Å². The molecule has 0 saturated heterocycles. The van der Waals surface area contributed by atoms with Gasteiger partial charge in [0.2, 0.25) is 10.0 Å². The molecule has 3 N–H and O–H groups in total. The maximum atomic E-state index is 12.7. The molecule has 0 heterocycles. The molecular weight excluding hydrogens is 342 g/mol. The molecule has 0 aromatic heterocycles. The Morgan fingerprint density at radius 1 is 1.16 bits per heavy atom. The number of benzene rings is 1. The number of hydrogen-bond donors (Lipinski definition) is 3. The number of carbonyl (C=O) groups is 1. The van der Waals surface area contributed by atoms with Gasteiger partial charge >= 0.3 is 5.97 Å². The third-order valence-electron chi connectivity index (χ3n) is 5.66. The molecule has 0 amide bonds. The quantitative estimate of drug-likeness (QED) is 0.610. The third kappa shape index (κ3) is 4.04. The van der Waals surface area contributed by atoms with E-state index in [2.05, 4.69) is 4.72 Å². The van der Waals surface area contributed by atoms with E-state index in [1.54, 1.807) is 30.3 Å². The SMILES string of the molecule is O=C(O)CCCC[C@H]1[C@H]2C[C@H](C[C@@H]2O)[C@@H]1NS(=O)(=O)c1ccccc1. The summed E-state index contributed by atoms with van der Waals surface area (Å²) in [6.07, 6.45) is 3.29. The number of unbranched alkanes of at least 4 members (excludes halogenated alkanes) is 1. The third-order valence-corrected chi connectivity index (χ3v) is 7.13. The Hall–Kier alpha value is -1.44. The number of carboxylic acids is 1. The van der Waals surface area contributed by atoms with Gasteiger partial charge in [-0.1, -0.05) is 24.6 Å². The first-order chi connectivity index (χ1) is 11.9. The molecule has 3 rings (SSSR count). The Balaban J connectivity index is 1.69. The smallest absolute Gasteiger partial charge is 0.303 e.